The zero-order valence-electron chi connectivity index (χ0n) is 11.0. The predicted molar refractivity (Wildman–Crippen MR) is 89.9 cm³/mol. The number of thioether (sulfide) groups is 2. The minimum absolute atomic E-state index is 0.742. The van der Waals surface area contributed by atoms with Crippen molar-refractivity contribution < 1.29 is 0 Å². The molecule has 2 rings (SSSR count). The third-order valence-corrected chi connectivity index (χ3v) is 11.2. The monoisotopic (exact) mass is 342 g/mol. The van der Waals surface area contributed by atoms with Crippen molar-refractivity contribution in [3.05, 3.63) is 30.3 Å². The molecule has 1 aromatic rings. The molecule has 3 heteroatoms. The Bertz CT molecular complexity index is 304. The molecule has 1 saturated heterocycles. The van der Waals surface area contributed by atoms with E-state index in [2.05, 4.69) is 53.9 Å². The average Bonchev–Trinajstić information content (AvgIpc) is 2.40. The second kappa shape index (κ2) is 9.39. The summed E-state index contributed by atoms with van der Waals surface area (Å²) in [7, 11) is 0. The van der Waals surface area contributed by atoms with Gasteiger partial charge in [-0.2, -0.15) is 0 Å². The van der Waals surface area contributed by atoms with Gasteiger partial charge in [0.25, 0.3) is 0 Å². The Morgan fingerprint density at radius 1 is 0.722 bits per heavy atom. The summed E-state index contributed by atoms with van der Waals surface area (Å²) >= 11 is 3.61. The van der Waals surface area contributed by atoms with Gasteiger partial charge >= 0.3 is 126 Å². The minimum atomic E-state index is -0.742. The van der Waals surface area contributed by atoms with E-state index in [1.165, 1.54) is 52.7 Å². The normalized spacial score (nSPS) is 20.9. The number of hydrogen-bond donors (Lipinski definition) is 0. The van der Waals surface area contributed by atoms with Crippen LogP contribution in [0, 0.1) is 0 Å². The summed E-state index contributed by atoms with van der Waals surface area (Å²) in [4.78, 5) is 0. The number of rotatable bonds is 1. The molecular weight excluding hydrogens is 319 g/mol. The van der Waals surface area contributed by atoms with Gasteiger partial charge in [0.1, 0.15) is 0 Å². The van der Waals surface area contributed by atoms with Crippen molar-refractivity contribution in [1.29, 1.82) is 0 Å². The number of hydrogen-bond acceptors (Lipinski definition) is 2. The van der Waals surface area contributed by atoms with Crippen molar-refractivity contribution in [2.45, 2.75) is 29.7 Å². The SMILES string of the molecule is c1ccc([As]2CCCSCCCSCCC2)cc1. The zero-order chi connectivity index (χ0) is 12.5. The summed E-state index contributed by atoms with van der Waals surface area (Å²) in [5, 5.41) is 3.04. The van der Waals surface area contributed by atoms with Crippen molar-refractivity contribution >= 4 is 42.5 Å². The van der Waals surface area contributed by atoms with Crippen LogP contribution in [0.3, 0.4) is 0 Å². The molecule has 0 amide bonds. The van der Waals surface area contributed by atoms with Gasteiger partial charge < -0.3 is 0 Å². The summed E-state index contributed by atoms with van der Waals surface area (Å²) in [6.45, 7) is 0. The van der Waals surface area contributed by atoms with Crippen LogP contribution >= 0.6 is 23.5 Å². The fraction of sp³-hybridized carbons (Fsp3) is 0.600. The maximum absolute atomic E-state index is 2.38. The molecular formula is C15H23AsS2. The van der Waals surface area contributed by atoms with E-state index < -0.39 is 14.7 Å². The molecule has 0 saturated carbocycles. The van der Waals surface area contributed by atoms with Crippen LogP contribution in [-0.2, 0) is 0 Å². The summed E-state index contributed by atoms with van der Waals surface area (Å²) in [6, 6.07) is 11.4. The first-order valence-electron chi connectivity index (χ1n) is 6.92. The first kappa shape index (κ1) is 14.9. The zero-order valence-corrected chi connectivity index (χ0v) is 14.5. The Labute approximate surface area is 125 Å². The Kier molecular flexibility index (Phi) is 7.76. The molecule has 0 radical (unpaired) electrons. The molecule has 0 aromatic heterocycles. The molecule has 1 aliphatic heterocycles. The van der Waals surface area contributed by atoms with Crippen LogP contribution in [0.4, 0.5) is 0 Å². The molecule has 0 nitrogen and oxygen atoms in total. The second-order valence-electron chi connectivity index (χ2n) is 4.61. The van der Waals surface area contributed by atoms with Gasteiger partial charge in [-0.05, 0) is 0 Å². The van der Waals surface area contributed by atoms with Gasteiger partial charge in [-0.3, -0.25) is 0 Å². The molecule has 0 spiro atoms. The van der Waals surface area contributed by atoms with Crippen LogP contribution < -0.4 is 4.35 Å². The molecule has 0 unspecified atom stereocenters. The first-order valence-corrected chi connectivity index (χ1v) is 12.8. The third-order valence-electron chi connectivity index (χ3n) is 3.13. The molecule has 1 aromatic carbocycles. The standard InChI is InChI=1S/C15H23AsS2/c1-2-7-15(8-3-1)16-9-4-11-17-13-6-14-18-12-5-10-16/h1-3,7-8H,4-6,9-14H2. The van der Waals surface area contributed by atoms with Gasteiger partial charge in [-0.1, -0.05) is 0 Å². The Balaban J connectivity index is 1.89. The van der Waals surface area contributed by atoms with E-state index in [0.717, 1.165) is 0 Å². The molecule has 1 fully saturated rings. The van der Waals surface area contributed by atoms with E-state index in [1.807, 2.05) is 0 Å². The predicted octanol–water partition coefficient (Wildman–Crippen LogP) is 4.04. The van der Waals surface area contributed by atoms with Crippen molar-refractivity contribution in [2.24, 2.45) is 0 Å². The number of benzene rings is 1. The van der Waals surface area contributed by atoms with Crippen LogP contribution in [-0.4, -0.2) is 37.7 Å². The van der Waals surface area contributed by atoms with Crippen molar-refractivity contribution in [3.8, 4) is 0 Å². The van der Waals surface area contributed by atoms with Crippen molar-refractivity contribution in [1.82, 2.24) is 0 Å². The van der Waals surface area contributed by atoms with Crippen LogP contribution in [0.25, 0.3) is 0 Å². The maximum atomic E-state index is 2.38. The van der Waals surface area contributed by atoms with E-state index in [0.29, 0.717) is 0 Å². The molecule has 0 aliphatic carbocycles. The van der Waals surface area contributed by atoms with E-state index in [9.17, 15) is 0 Å². The fourth-order valence-electron chi connectivity index (χ4n) is 2.19. The molecule has 0 bridgehead atoms. The average molecular weight is 342 g/mol. The van der Waals surface area contributed by atoms with Crippen LogP contribution in [0.1, 0.15) is 19.3 Å². The van der Waals surface area contributed by atoms with E-state index in [1.54, 1.807) is 4.35 Å². The summed E-state index contributed by atoms with van der Waals surface area (Å²) < 4.78 is 1.71. The summed E-state index contributed by atoms with van der Waals surface area (Å²) in [5.41, 5.74) is 0. The van der Waals surface area contributed by atoms with E-state index >= 15 is 0 Å². The fourth-order valence-corrected chi connectivity index (χ4v) is 10.2. The van der Waals surface area contributed by atoms with Gasteiger partial charge in [-0.15, -0.1) is 0 Å². The molecule has 0 N–H and O–H groups in total. The summed E-state index contributed by atoms with van der Waals surface area (Å²) in [5.74, 6) is 5.54. The van der Waals surface area contributed by atoms with Crippen LogP contribution in [0.5, 0.6) is 0 Å². The van der Waals surface area contributed by atoms with Crippen molar-refractivity contribution in [2.75, 3.05) is 23.0 Å². The summed E-state index contributed by atoms with van der Waals surface area (Å²) in [6.07, 6.45) is 4.31. The Morgan fingerprint density at radius 3 is 1.89 bits per heavy atom. The Morgan fingerprint density at radius 2 is 1.28 bits per heavy atom. The van der Waals surface area contributed by atoms with Crippen LogP contribution in [0.15, 0.2) is 30.3 Å². The topological polar surface area (TPSA) is 0 Å². The molecule has 0 atom stereocenters. The Hall–Kier alpha value is 0.478. The quantitative estimate of drug-likeness (QED) is 0.707. The third kappa shape index (κ3) is 5.63. The second-order valence-corrected chi connectivity index (χ2v) is 12.3. The van der Waals surface area contributed by atoms with Gasteiger partial charge in [0.2, 0.25) is 0 Å². The first-order chi connectivity index (χ1) is 8.97. The molecule has 1 aliphatic rings. The van der Waals surface area contributed by atoms with E-state index in [4.69, 9.17) is 0 Å². The van der Waals surface area contributed by atoms with Crippen LogP contribution in [0.2, 0.25) is 10.4 Å². The van der Waals surface area contributed by atoms with Gasteiger partial charge in [0.05, 0.1) is 0 Å². The molecule has 18 heavy (non-hydrogen) atoms. The molecule has 1 heterocycles. The van der Waals surface area contributed by atoms with E-state index in [-0.39, 0.29) is 0 Å². The molecule has 100 valence electrons. The van der Waals surface area contributed by atoms with Gasteiger partial charge in [0, 0.05) is 0 Å². The van der Waals surface area contributed by atoms with Crippen molar-refractivity contribution in [3.63, 3.8) is 0 Å². The van der Waals surface area contributed by atoms with Gasteiger partial charge in [0.15, 0.2) is 0 Å². The van der Waals surface area contributed by atoms with Gasteiger partial charge in [-0.25, -0.2) is 0 Å².